The summed E-state index contributed by atoms with van der Waals surface area (Å²) >= 11 is 0. The Balaban J connectivity index is 2.06. The predicted molar refractivity (Wildman–Crippen MR) is 96.0 cm³/mol. The van der Waals surface area contributed by atoms with Crippen molar-refractivity contribution in [1.29, 1.82) is 0 Å². The second kappa shape index (κ2) is 9.44. The summed E-state index contributed by atoms with van der Waals surface area (Å²) in [5.74, 6) is 0.103. The second-order valence-corrected chi connectivity index (χ2v) is 5.41. The first-order valence-corrected chi connectivity index (χ1v) is 8.09. The lowest BCUT2D eigenvalue weighted by Gasteiger charge is -2.11. The van der Waals surface area contributed by atoms with Gasteiger partial charge in [-0.1, -0.05) is 12.1 Å². The number of nitrogens with one attached hydrogen (secondary N) is 2. The lowest BCUT2D eigenvalue weighted by molar-refractivity contribution is 0.0953. The Kier molecular flexibility index (Phi) is 6.98. The summed E-state index contributed by atoms with van der Waals surface area (Å²) in [5.41, 5.74) is 1.32. The molecular weight excluding hydrogens is 320 g/mol. The van der Waals surface area contributed by atoms with Crippen LogP contribution in [0.1, 0.15) is 33.6 Å². The van der Waals surface area contributed by atoms with Crippen LogP contribution in [0.25, 0.3) is 0 Å². The summed E-state index contributed by atoms with van der Waals surface area (Å²) < 4.78 is 5.07. The summed E-state index contributed by atoms with van der Waals surface area (Å²) in [6.45, 7) is 0.574. The number of methoxy groups -OCH3 is 1. The number of aliphatic hydroxyl groups excluding tert-OH is 1. The average molecular weight is 342 g/mol. The quantitative estimate of drug-likeness (QED) is 0.643. The van der Waals surface area contributed by atoms with Crippen molar-refractivity contribution in [3.63, 3.8) is 0 Å². The molecule has 6 nitrogen and oxygen atoms in total. The molecule has 2 aromatic rings. The van der Waals surface area contributed by atoms with E-state index in [-0.39, 0.29) is 18.4 Å². The highest BCUT2D eigenvalue weighted by molar-refractivity contribution is 6.09. The zero-order chi connectivity index (χ0) is 18.1. The van der Waals surface area contributed by atoms with Gasteiger partial charge in [-0.15, -0.1) is 0 Å². The zero-order valence-electron chi connectivity index (χ0n) is 14.1. The minimum atomic E-state index is -0.303. The first-order valence-electron chi connectivity index (χ1n) is 8.09. The number of carbonyl (C=O) groups is 2. The second-order valence-electron chi connectivity index (χ2n) is 5.41. The van der Waals surface area contributed by atoms with Crippen LogP contribution < -0.4 is 15.4 Å². The lowest BCUT2D eigenvalue weighted by Crippen LogP contribution is -2.26. The van der Waals surface area contributed by atoms with Crippen LogP contribution in [0.15, 0.2) is 48.5 Å². The van der Waals surface area contributed by atoms with E-state index in [1.54, 1.807) is 55.6 Å². The number of carbonyl (C=O) groups excluding carboxylic acids is 2. The fourth-order valence-electron chi connectivity index (χ4n) is 2.26. The maximum Gasteiger partial charge on any atom is 0.255 e. The van der Waals surface area contributed by atoms with E-state index in [4.69, 9.17) is 9.84 Å². The molecule has 0 aliphatic heterocycles. The Hall–Kier alpha value is -2.86. The van der Waals surface area contributed by atoms with E-state index in [9.17, 15) is 9.59 Å². The standard InChI is InChI=1S/C19H22N2O4/c1-25-15-10-8-14(9-11-15)18(23)21-17-7-3-2-6-16(17)19(24)20-12-4-5-13-22/h2-3,6-11,22H,4-5,12-13H2,1H3,(H,20,24)(H,21,23). The number of amides is 2. The van der Waals surface area contributed by atoms with Gasteiger partial charge in [0.25, 0.3) is 11.8 Å². The number of benzene rings is 2. The van der Waals surface area contributed by atoms with Gasteiger partial charge in [-0.3, -0.25) is 9.59 Å². The van der Waals surface area contributed by atoms with E-state index >= 15 is 0 Å². The largest absolute Gasteiger partial charge is 0.497 e. The average Bonchev–Trinajstić information content (AvgIpc) is 2.65. The van der Waals surface area contributed by atoms with Crippen LogP contribution in [0.3, 0.4) is 0 Å². The summed E-state index contributed by atoms with van der Waals surface area (Å²) in [4.78, 5) is 24.7. The third kappa shape index (κ3) is 5.32. The van der Waals surface area contributed by atoms with Crippen molar-refractivity contribution in [1.82, 2.24) is 5.32 Å². The molecule has 132 valence electrons. The predicted octanol–water partition coefficient (Wildman–Crippen LogP) is 2.45. The fraction of sp³-hybridized carbons (Fsp3) is 0.263. The maximum absolute atomic E-state index is 12.4. The maximum atomic E-state index is 12.4. The normalized spacial score (nSPS) is 10.2. The van der Waals surface area contributed by atoms with Crippen LogP contribution >= 0.6 is 0 Å². The van der Waals surface area contributed by atoms with Crippen molar-refractivity contribution in [2.45, 2.75) is 12.8 Å². The van der Waals surface area contributed by atoms with Crippen molar-refractivity contribution >= 4 is 17.5 Å². The van der Waals surface area contributed by atoms with Gasteiger partial charge in [0, 0.05) is 18.7 Å². The van der Waals surface area contributed by atoms with Gasteiger partial charge < -0.3 is 20.5 Å². The fourth-order valence-corrected chi connectivity index (χ4v) is 2.26. The molecule has 0 heterocycles. The van der Waals surface area contributed by atoms with E-state index < -0.39 is 0 Å². The van der Waals surface area contributed by atoms with E-state index in [2.05, 4.69) is 10.6 Å². The van der Waals surface area contributed by atoms with Crippen LogP contribution in [-0.4, -0.2) is 37.2 Å². The molecule has 0 saturated carbocycles. The molecule has 2 aromatic carbocycles. The van der Waals surface area contributed by atoms with Crippen LogP contribution in [0.2, 0.25) is 0 Å². The van der Waals surface area contributed by atoms with Gasteiger partial charge >= 0.3 is 0 Å². The summed E-state index contributed by atoms with van der Waals surface area (Å²) in [6, 6.07) is 13.6. The Morgan fingerprint density at radius 3 is 2.40 bits per heavy atom. The Labute approximate surface area is 146 Å². The number of ether oxygens (including phenoxy) is 1. The van der Waals surface area contributed by atoms with E-state index in [0.717, 1.165) is 0 Å². The minimum absolute atomic E-state index is 0.102. The van der Waals surface area contributed by atoms with Crippen LogP contribution in [0, 0.1) is 0 Å². The highest BCUT2D eigenvalue weighted by Crippen LogP contribution is 2.17. The van der Waals surface area contributed by atoms with E-state index in [1.165, 1.54) is 0 Å². The summed E-state index contributed by atoms with van der Waals surface area (Å²) in [7, 11) is 1.56. The Morgan fingerprint density at radius 2 is 1.72 bits per heavy atom. The highest BCUT2D eigenvalue weighted by atomic mass is 16.5. The van der Waals surface area contributed by atoms with Crippen LogP contribution in [0.5, 0.6) is 5.75 Å². The topological polar surface area (TPSA) is 87.7 Å². The molecule has 0 aromatic heterocycles. The van der Waals surface area contributed by atoms with Crippen LogP contribution in [0.4, 0.5) is 5.69 Å². The first-order chi connectivity index (χ1) is 12.2. The Morgan fingerprint density at radius 1 is 1.00 bits per heavy atom. The van der Waals surface area contributed by atoms with Gasteiger partial charge in [0.2, 0.25) is 0 Å². The molecule has 0 radical (unpaired) electrons. The molecule has 6 heteroatoms. The number of hydrogen-bond donors (Lipinski definition) is 3. The highest BCUT2D eigenvalue weighted by Gasteiger charge is 2.13. The van der Waals surface area contributed by atoms with Gasteiger partial charge in [0.1, 0.15) is 5.75 Å². The monoisotopic (exact) mass is 342 g/mol. The number of unbranched alkanes of at least 4 members (excludes halogenated alkanes) is 1. The van der Waals surface area contributed by atoms with Crippen molar-refractivity contribution < 1.29 is 19.4 Å². The molecule has 0 spiro atoms. The lowest BCUT2D eigenvalue weighted by atomic mass is 10.1. The molecule has 0 saturated heterocycles. The van der Waals surface area contributed by atoms with Gasteiger partial charge in [-0.2, -0.15) is 0 Å². The number of aliphatic hydroxyl groups is 1. The number of anilines is 1. The van der Waals surface area contributed by atoms with Crippen molar-refractivity contribution in [2.24, 2.45) is 0 Å². The van der Waals surface area contributed by atoms with Gasteiger partial charge in [-0.05, 0) is 49.2 Å². The van der Waals surface area contributed by atoms with E-state index in [0.29, 0.717) is 42.0 Å². The van der Waals surface area contributed by atoms with Crippen molar-refractivity contribution in [3.05, 3.63) is 59.7 Å². The molecule has 2 amide bonds. The molecule has 0 atom stereocenters. The minimum Gasteiger partial charge on any atom is -0.497 e. The molecule has 0 fully saturated rings. The third-order valence-electron chi connectivity index (χ3n) is 3.64. The number of hydrogen-bond acceptors (Lipinski definition) is 4. The molecule has 3 N–H and O–H groups in total. The number of rotatable bonds is 8. The smallest absolute Gasteiger partial charge is 0.255 e. The molecule has 0 bridgehead atoms. The summed E-state index contributed by atoms with van der Waals surface area (Å²) in [5, 5.41) is 14.3. The van der Waals surface area contributed by atoms with Crippen molar-refractivity contribution in [2.75, 3.05) is 25.6 Å². The molecule has 25 heavy (non-hydrogen) atoms. The zero-order valence-corrected chi connectivity index (χ0v) is 14.1. The molecule has 0 aliphatic carbocycles. The number of para-hydroxylation sites is 1. The first kappa shape index (κ1) is 18.5. The summed E-state index contributed by atoms with van der Waals surface area (Å²) in [6.07, 6.45) is 1.33. The van der Waals surface area contributed by atoms with Crippen molar-refractivity contribution in [3.8, 4) is 5.75 Å². The SMILES string of the molecule is COc1ccc(C(=O)Nc2ccccc2C(=O)NCCCCO)cc1. The van der Waals surface area contributed by atoms with Crippen LogP contribution in [-0.2, 0) is 0 Å². The van der Waals surface area contributed by atoms with Gasteiger partial charge in [-0.25, -0.2) is 0 Å². The molecule has 0 unspecified atom stereocenters. The molecule has 2 rings (SSSR count). The van der Waals surface area contributed by atoms with Gasteiger partial charge in [0.05, 0.1) is 18.4 Å². The van der Waals surface area contributed by atoms with E-state index in [1.807, 2.05) is 0 Å². The third-order valence-corrected chi connectivity index (χ3v) is 3.64. The molecular formula is C19H22N2O4. The molecule has 0 aliphatic rings. The Bertz CT molecular complexity index is 714. The van der Waals surface area contributed by atoms with Gasteiger partial charge in [0.15, 0.2) is 0 Å².